The maximum absolute atomic E-state index is 13.0. The van der Waals surface area contributed by atoms with E-state index in [2.05, 4.69) is 43.5 Å². The van der Waals surface area contributed by atoms with Crippen LogP contribution < -0.4 is 5.32 Å². The van der Waals surface area contributed by atoms with E-state index in [9.17, 15) is 30.3 Å². The van der Waals surface area contributed by atoms with Crippen molar-refractivity contribution in [3.63, 3.8) is 0 Å². The lowest BCUT2D eigenvalue weighted by molar-refractivity contribution is -0.302. The molecule has 0 aliphatic carbocycles. The van der Waals surface area contributed by atoms with E-state index in [1.165, 1.54) is 205 Å². The second-order valence-corrected chi connectivity index (χ2v) is 20.1. The highest BCUT2D eigenvalue weighted by Gasteiger charge is 2.44. The Labute approximate surface area is 412 Å². The molecular weight excluding hydrogens is 839 g/mol. The number of aliphatic hydroxyl groups excluding tert-OH is 5. The number of nitrogens with one attached hydrogen (secondary N) is 1. The van der Waals surface area contributed by atoms with Gasteiger partial charge < -0.3 is 40.3 Å². The molecule has 0 saturated carbocycles. The van der Waals surface area contributed by atoms with E-state index in [4.69, 9.17) is 9.47 Å². The van der Waals surface area contributed by atoms with Gasteiger partial charge in [-0.25, -0.2) is 0 Å². The van der Waals surface area contributed by atoms with Gasteiger partial charge in [-0.15, -0.1) is 0 Å². The molecule has 1 heterocycles. The van der Waals surface area contributed by atoms with Gasteiger partial charge in [0.2, 0.25) is 5.91 Å². The summed E-state index contributed by atoms with van der Waals surface area (Å²) >= 11 is 0. The fourth-order valence-electron chi connectivity index (χ4n) is 9.13. The van der Waals surface area contributed by atoms with Crippen molar-refractivity contribution in [2.75, 3.05) is 13.2 Å². The number of carbonyl (C=O) groups excluding carboxylic acids is 1. The standard InChI is InChI=1S/C58H109NO8/c1-3-5-7-9-11-13-15-17-19-21-22-23-24-25-26-27-28-29-30-32-34-36-38-40-42-44-46-48-54(62)59-51(50-66-58-57(65)56(64)55(63)53(49-60)67-58)52(61)47-45-43-41-39-37-35-33-31-20-18-16-14-12-10-8-6-4-2/h20,31,37,39,45,47,51-53,55-58,60-61,63-65H,3-19,21-30,32-36,38,40-44,46,48-50H2,1-2H3,(H,59,62)/b31-20+,39-37+,47-45+. The third kappa shape index (κ3) is 37.9. The molecule has 7 unspecified atom stereocenters. The first-order chi connectivity index (χ1) is 32.8. The van der Waals surface area contributed by atoms with Gasteiger partial charge in [-0.1, -0.05) is 256 Å². The van der Waals surface area contributed by atoms with Crippen molar-refractivity contribution < 1.29 is 39.8 Å². The molecule has 1 aliphatic rings. The highest BCUT2D eigenvalue weighted by Crippen LogP contribution is 2.23. The number of unbranched alkanes of at least 4 members (excludes halogenated alkanes) is 35. The SMILES string of the molecule is CCCCCCCCC/C=C/CC/C=C/CC/C=C/C(O)C(COC1OC(CO)C(O)C(O)C1O)NC(=O)CCCCCCCCCCCCCCCCCCCCCCCCCCCCC. The molecule has 1 rings (SSSR count). The molecule has 0 spiro atoms. The summed E-state index contributed by atoms with van der Waals surface area (Å²) in [6.07, 6.45) is 55.0. The van der Waals surface area contributed by atoms with Gasteiger partial charge in [0.25, 0.3) is 0 Å². The first kappa shape index (κ1) is 63.4. The predicted molar refractivity (Wildman–Crippen MR) is 281 cm³/mol. The van der Waals surface area contributed by atoms with Gasteiger partial charge >= 0.3 is 0 Å². The maximum atomic E-state index is 13.0. The number of hydrogen-bond donors (Lipinski definition) is 6. The molecule has 1 aliphatic heterocycles. The van der Waals surface area contributed by atoms with Crippen molar-refractivity contribution >= 4 is 5.91 Å². The zero-order chi connectivity index (χ0) is 48.7. The monoisotopic (exact) mass is 948 g/mol. The van der Waals surface area contributed by atoms with Crippen LogP contribution in [0.4, 0.5) is 0 Å². The molecule has 1 amide bonds. The minimum absolute atomic E-state index is 0.186. The Kier molecular flexibility index (Phi) is 45.5. The summed E-state index contributed by atoms with van der Waals surface area (Å²) in [5, 5.41) is 54.4. The molecule has 0 aromatic rings. The number of hydrogen-bond acceptors (Lipinski definition) is 8. The Balaban J connectivity index is 2.21. The molecule has 9 heteroatoms. The first-order valence-corrected chi connectivity index (χ1v) is 28.7. The molecule has 6 N–H and O–H groups in total. The average Bonchev–Trinajstić information content (AvgIpc) is 3.33. The number of aliphatic hydroxyl groups is 5. The summed E-state index contributed by atoms with van der Waals surface area (Å²) in [7, 11) is 0. The maximum Gasteiger partial charge on any atom is 0.220 e. The summed E-state index contributed by atoms with van der Waals surface area (Å²) < 4.78 is 11.2. The fraction of sp³-hybridized carbons (Fsp3) is 0.879. The molecule has 0 bridgehead atoms. The predicted octanol–water partition coefficient (Wildman–Crippen LogP) is 14.0. The highest BCUT2D eigenvalue weighted by atomic mass is 16.7. The average molecular weight is 949 g/mol. The van der Waals surface area contributed by atoms with Crippen LogP contribution in [0.25, 0.3) is 0 Å². The minimum atomic E-state index is -1.57. The molecule has 0 aromatic carbocycles. The Morgan fingerprint density at radius 1 is 0.493 bits per heavy atom. The second-order valence-electron chi connectivity index (χ2n) is 20.1. The van der Waals surface area contributed by atoms with Crippen LogP contribution in [-0.4, -0.2) is 87.5 Å². The largest absolute Gasteiger partial charge is 0.394 e. The van der Waals surface area contributed by atoms with E-state index in [1.54, 1.807) is 6.08 Å². The smallest absolute Gasteiger partial charge is 0.220 e. The summed E-state index contributed by atoms with van der Waals surface area (Å²) in [4.78, 5) is 13.0. The van der Waals surface area contributed by atoms with Crippen LogP contribution in [0.15, 0.2) is 36.5 Å². The fourth-order valence-corrected chi connectivity index (χ4v) is 9.13. The number of carbonyl (C=O) groups is 1. The Bertz CT molecular complexity index is 1150. The lowest BCUT2D eigenvalue weighted by Gasteiger charge is -2.40. The van der Waals surface area contributed by atoms with Gasteiger partial charge in [-0.2, -0.15) is 0 Å². The Hall–Kier alpha value is -1.59. The Morgan fingerprint density at radius 3 is 1.25 bits per heavy atom. The van der Waals surface area contributed by atoms with E-state index in [-0.39, 0.29) is 12.5 Å². The molecule has 394 valence electrons. The zero-order valence-electron chi connectivity index (χ0n) is 43.7. The van der Waals surface area contributed by atoms with Crippen molar-refractivity contribution in [3.8, 4) is 0 Å². The molecule has 1 fully saturated rings. The van der Waals surface area contributed by atoms with E-state index < -0.39 is 49.5 Å². The van der Waals surface area contributed by atoms with Crippen LogP contribution in [0.3, 0.4) is 0 Å². The molecule has 0 radical (unpaired) electrons. The normalized spacial score (nSPS) is 19.9. The van der Waals surface area contributed by atoms with Crippen LogP contribution in [0.2, 0.25) is 0 Å². The van der Waals surface area contributed by atoms with E-state index in [0.29, 0.717) is 6.42 Å². The van der Waals surface area contributed by atoms with Crippen LogP contribution in [-0.2, 0) is 14.3 Å². The van der Waals surface area contributed by atoms with Gasteiger partial charge in [0.05, 0.1) is 25.4 Å². The number of allylic oxidation sites excluding steroid dienone is 5. The van der Waals surface area contributed by atoms with Crippen LogP contribution in [0, 0.1) is 0 Å². The second kappa shape index (κ2) is 48.1. The minimum Gasteiger partial charge on any atom is -0.394 e. The van der Waals surface area contributed by atoms with Crippen molar-refractivity contribution in [3.05, 3.63) is 36.5 Å². The topological polar surface area (TPSA) is 149 Å². The number of amides is 1. The highest BCUT2D eigenvalue weighted by molar-refractivity contribution is 5.76. The van der Waals surface area contributed by atoms with Gasteiger partial charge in [-0.05, 0) is 44.9 Å². The first-order valence-electron chi connectivity index (χ1n) is 28.7. The van der Waals surface area contributed by atoms with Crippen LogP contribution in [0.1, 0.15) is 271 Å². The van der Waals surface area contributed by atoms with Crippen molar-refractivity contribution in [1.82, 2.24) is 5.32 Å². The quantitative estimate of drug-likeness (QED) is 0.0261. The molecule has 7 atom stereocenters. The van der Waals surface area contributed by atoms with Crippen LogP contribution in [0.5, 0.6) is 0 Å². The zero-order valence-corrected chi connectivity index (χ0v) is 43.7. The number of rotatable bonds is 49. The number of ether oxygens (including phenoxy) is 2. The molecule has 9 nitrogen and oxygen atoms in total. The Morgan fingerprint density at radius 2 is 0.851 bits per heavy atom. The molecule has 67 heavy (non-hydrogen) atoms. The van der Waals surface area contributed by atoms with Crippen LogP contribution >= 0.6 is 0 Å². The van der Waals surface area contributed by atoms with E-state index >= 15 is 0 Å². The lowest BCUT2D eigenvalue weighted by atomic mass is 9.99. The summed E-state index contributed by atoms with van der Waals surface area (Å²) in [5.41, 5.74) is 0. The van der Waals surface area contributed by atoms with Crippen molar-refractivity contribution in [2.45, 2.75) is 314 Å². The summed E-state index contributed by atoms with van der Waals surface area (Å²) in [6.45, 7) is 3.78. The molecule has 1 saturated heterocycles. The summed E-state index contributed by atoms with van der Waals surface area (Å²) in [5.74, 6) is -0.186. The van der Waals surface area contributed by atoms with Crippen molar-refractivity contribution in [1.29, 1.82) is 0 Å². The third-order valence-corrected chi connectivity index (χ3v) is 13.7. The van der Waals surface area contributed by atoms with Gasteiger partial charge in [-0.3, -0.25) is 4.79 Å². The van der Waals surface area contributed by atoms with Crippen molar-refractivity contribution in [2.24, 2.45) is 0 Å². The van der Waals surface area contributed by atoms with Gasteiger partial charge in [0.15, 0.2) is 6.29 Å². The molecular formula is C58H109NO8. The van der Waals surface area contributed by atoms with Gasteiger partial charge in [0, 0.05) is 6.42 Å². The lowest BCUT2D eigenvalue weighted by Crippen LogP contribution is -2.60. The van der Waals surface area contributed by atoms with E-state index in [1.807, 2.05) is 6.08 Å². The molecule has 0 aromatic heterocycles. The summed E-state index contributed by atoms with van der Waals surface area (Å²) in [6, 6.07) is -0.826. The third-order valence-electron chi connectivity index (χ3n) is 13.7. The van der Waals surface area contributed by atoms with E-state index in [0.717, 1.165) is 44.9 Å². The van der Waals surface area contributed by atoms with Gasteiger partial charge in [0.1, 0.15) is 24.4 Å².